The first-order valence-corrected chi connectivity index (χ1v) is 7.23. The Balaban J connectivity index is 2.05. The van der Waals surface area contributed by atoms with Gasteiger partial charge in [0.25, 0.3) is 0 Å². The van der Waals surface area contributed by atoms with Crippen LogP contribution in [0.1, 0.15) is 12.5 Å². The van der Waals surface area contributed by atoms with Crippen LogP contribution in [-0.2, 0) is 25.7 Å². The number of aliphatic hydroxyl groups excluding tert-OH is 3. The third-order valence-electron chi connectivity index (χ3n) is 3.42. The van der Waals surface area contributed by atoms with Crippen LogP contribution in [0.3, 0.4) is 0 Å². The molecule has 1 saturated heterocycles. The Kier molecular flexibility index (Phi) is 6.46. The van der Waals surface area contributed by atoms with Crippen molar-refractivity contribution in [1.82, 2.24) is 5.48 Å². The summed E-state index contributed by atoms with van der Waals surface area (Å²) in [7, 11) is 0. The molecule has 1 amide bonds. The molecule has 8 nitrogen and oxygen atoms in total. The molecule has 0 aliphatic carbocycles. The molecule has 0 radical (unpaired) electrons. The monoisotopic (exact) mass is 327 g/mol. The van der Waals surface area contributed by atoms with Crippen LogP contribution in [0.15, 0.2) is 30.3 Å². The molecule has 1 heterocycles. The van der Waals surface area contributed by atoms with Crippen LogP contribution in [0.4, 0.5) is 0 Å². The van der Waals surface area contributed by atoms with Gasteiger partial charge in [0.05, 0.1) is 13.2 Å². The van der Waals surface area contributed by atoms with E-state index in [4.69, 9.17) is 14.3 Å². The van der Waals surface area contributed by atoms with Gasteiger partial charge in [0.15, 0.2) is 12.4 Å². The van der Waals surface area contributed by atoms with Gasteiger partial charge in [-0.2, -0.15) is 0 Å². The molecule has 0 aromatic heterocycles. The molecular weight excluding hydrogens is 306 g/mol. The summed E-state index contributed by atoms with van der Waals surface area (Å²) in [5, 5.41) is 29.2. The molecule has 4 N–H and O–H groups in total. The van der Waals surface area contributed by atoms with Gasteiger partial charge in [0.2, 0.25) is 5.91 Å². The van der Waals surface area contributed by atoms with E-state index in [0.29, 0.717) is 0 Å². The number of carbonyl (C=O) groups is 1. The molecule has 23 heavy (non-hydrogen) atoms. The summed E-state index contributed by atoms with van der Waals surface area (Å²) >= 11 is 0. The van der Waals surface area contributed by atoms with Crippen LogP contribution in [-0.4, -0.2) is 58.5 Å². The van der Waals surface area contributed by atoms with Gasteiger partial charge >= 0.3 is 0 Å². The Labute approximate surface area is 133 Å². The third-order valence-corrected chi connectivity index (χ3v) is 3.42. The van der Waals surface area contributed by atoms with Gasteiger partial charge in [-0.1, -0.05) is 30.3 Å². The summed E-state index contributed by atoms with van der Waals surface area (Å²) in [6.45, 7) is 0.922. The van der Waals surface area contributed by atoms with Crippen LogP contribution in [0.2, 0.25) is 0 Å². The smallest absolute Gasteiger partial charge is 0.240 e. The summed E-state index contributed by atoms with van der Waals surface area (Å²) in [5.41, 5.74) is 2.97. The zero-order chi connectivity index (χ0) is 16.8. The van der Waals surface area contributed by atoms with Crippen LogP contribution >= 0.6 is 0 Å². The number of aliphatic hydroxyl groups is 3. The number of hydrogen-bond donors (Lipinski definition) is 4. The SMILES string of the molecule is CC(=O)NO[C@H]1C(OCc2ccccc2)O[C@H](CO)[C@@H](O)[C@@H]1O. The van der Waals surface area contributed by atoms with Gasteiger partial charge < -0.3 is 24.8 Å². The fourth-order valence-corrected chi connectivity index (χ4v) is 2.22. The molecule has 2 rings (SSSR count). The average molecular weight is 327 g/mol. The summed E-state index contributed by atoms with van der Waals surface area (Å²) in [6.07, 6.45) is -5.98. The predicted octanol–water partition coefficient (Wildman–Crippen LogP) is -0.921. The average Bonchev–Trinajstić information content (AvgIpc) is 2.55. The molecule has 0 saturated carbocycles. The number of carbonyl (C=O) groups excluding carboxylic acids is 1. The minimum absolute atomic E-state index is 0.173. The lowest BCUT2D eigenvalue weighted by Crippen LogP contribution is -2.61. The van der Waals surface area contributed by atoms with E-state index in [0.717, 1.165) is 5.56 Å². The Hall–Kier alpha value is -1.55. The van der Waals surface area contributed by atoms with Crippen LogP contribution in [0.25, 0.3) is 0 Å². The lowest BCUT2D eigenvalue weighted by Gasteiger charge is -2.41. The van der Waals surface area contributed by atoms with E-state index < -0.39 is 43.2 Å². The maximum atomic E-state index is 11.0. The molecule has 0 bridgehead atoms. The summed E-state index contributed by atoms with van der Waals surface area (Å²) in [5.74, 6) is -0.474. The molecule has 1 aliphatic heterocycles. The van der Waals surface area contributed by atoms with Crippen molar-refractivity contribution < 1.29 is 34.4 Å². The summed E-state index contributed by atoms with van der Waals surface area (Å²) in [4.78, 5) is 16.1. The zero-order valence-corrected chi connectivity index (χ0v) is 12.7. The van der Waals surface area contributed by atoms with E-state index in [-0.39, 0.29) is 6.61 Å². The minimum Gasteiger partial charge on any atom is -0.394 e. The van der Waals surface area contributed by atoms with Crippen molar-refractivity contribution in [2.45, 2.75) is 44.2 Å². The number of hydrogen-bond acceptors (Lipinski definition) is 7. The van der Waals surface area contributed by atoms with Gasteiger partial charge in [-0.3, -0.25) is 9.63 Å². The molecule has 1 aromatic rings. The quantitative estimate of drug-likeness (QED) is 0.499. The van der Waals surface area contributed by atoms with Crippen molar-refractivity contribution in [3.8, 4) is 0 Å². The molecule has 1 aromatic carbocycles. The fraction of sp³-hybridized carbons (Fsp3) is 0.533. The standard InChI is InChI=1S/C15H21NO7/c1-9(18)16-23-14-13(20)12(19)11(7-17)22-15(14)21-8-10-5-3-2-4-6-10/h2-6,11-15,17,19-20H,7-8H2,1H3,(H,16,18)/t11-,12-,13+,14-,15?/m1/s1. The molecule has 8 heteroatoms. The van der Waals surface area contributed by atoms with Crippen molar-refractivity contribution >= 4 is 5.91 Å². The second-order valence-electron chi connectivity index (χ2n) is 5.24. The maximum Gasteiger partial charge on any atom is 0.240 e. The van der Waals surface area contributed by atoms with Crippen molar-refractivity contribution in [2.24, 2.45) is 0 Å². The van der Waals surface area contributed by atoms with Crippen molar-refractivity contribution in [3.05, 3.63) is 35.9 Å². The van der Waals surface area contributed by atoms with Crippen LogP contribution < -0.4 is 5.48 Å². The first-order valence-electron chi connectivity index (χ1n) is 7.23. The molecule has 1 fully saturated rings. The highest BCUT2D eigenvalue weighted by Gasteiger charge is 2.46. The molecule has 128 valence electrons. The van der Waals surface area contributed by atoms with E-state index >= 15 is 0 Å². The lowest BCUT2D eigenvalue weighted by molar-refractivity contribution is -0.320. The zero-order valence-electron chi connectivity index (χ0n) is 12.7. The second-order valence-corrected chi connectivity index (χ2v) is 5.24. The third kappa shape index (κ3) is 4.71. The van der Waals surface area contributed by atoms with Crippen LogP contribution in [0, 0.1) is 0 Å². The maximum absolute atomic E-state index is 11.0. The normalized spacial score (nSPS) is 30.9. The largest absolute Gasteiger partial charge is 0.394 e. The minimum atomic E-state index is -1.39. The first-order chi connectivity index (χ1) is 11.0. The van der Waals surface area contributed by atoms with E-state index in [1.165, 1.54) is 6.92 Å². The van der Waals surface area contributed by atoms with Crippen LogP contribution in [0.5, 0.6) is 0 Å². The van der Waals surface area contributed by atoms with Gasteiger partial charge in [-0.25, -0.2) is 5.48 Å². The molecule has 0 spiro atoms. The Morgan fingerprint density at radius 3 is 2.57 bits per heavy atom. The second kappa shape index (κ2) is 8.34. The van der Waals surface area contributed by atoms with Gasteiger partial charge in [-0.15, -0.1) is 0 Å². The van der Waals surface area contributed by atoms with Crippen molar-refractivity contribution in [2.75, 3.05) is 6.61 Å². The topological polar surface area (TPSA) is 117 Å². The van der Waals surface area contributed by atoms with E-state index in [1.54, 1.807) is 0 Å². The van der Waals surface area contributed by atoms with E-state index in [2.05, 4.69) is 5.48 Å². The van der Waals surface area contributed by atoms with Crippen molar-refractivity contribution in [1.29, 1.82) is 0 Å². The Bertz CT molecular complexity index is 498. The molecule has 1 aliphatic rings. The lowest BCUT2D eigenvalue weighted by atomic mass is 9.99. The summed E-state index contributed by atoms with van der Waals surface area (Å²) in [6, 6.07) is 9.26. The number of nitrogens with one attached hydrogen (secondary N) is 1. The number of rotatable bonds is 6. The highest BCUT2D eigenvalue weighted by atomic mass is 16.7. The first kappa shape index (κ1) is 17.8. The fourth-order valence-electron chi connectivity index (χ4n) is 2.22. The van der Waals surface area contributed by atoms with E-state index in [1.807, 2.05) is 30.3 Å². The van der Waals surface area contributed by atoms with Gasteiger partial charge in [-0.05, 0) is 5.56 Å². The molecule has 1 unspecified atom stereocenters. The number of hydroxylamine groups is 1. The Morgan fingerprint density at radius 2 is 1.96 bits per heavy atom. The number of ether oxygens (including phenoxy) is 2. The predicted molar refractivity (Wildman–Crippen MR) is 77.7 cm³/mol. The molecular formula is C15H21NO7. The summed E-state index contributed by atoms with van der Waals surface area (Å²) < 4.78 is 11.0. The number of benzene rings is 1. The Morgan fingerprint density at radius 1 is 1.26 bits per heavy atom. The highest BCUT2D eigenvalue weighted by molar-refractivity contribution is 5.71. The van der Waals surface area contributed by atoms with Gasteiger partial charge in [0, 0.05) is 6.92 Å². The van der Waals surface area contributed by atoms with E-state index in [9.17, 15) is 20.1 Å². The molecule has 5 atom stereocenters. The number of amides is 1. The highest BCUT2D eigenvalue weighted by Crippen LogP contribution is 2.24. The van der Waals surface area contributed by atoms with Crippen molar-refractivity contribution in [3.63, 3.8) is 0 Å². The van der Waals surface area contributed by atoms with Gasteiger partial charge in [0.1, 0.15) is 18.3 Å².